The lowest BCUT2D eigenvalue weighted by atomic mass is 9.85. The van der Waals surface area contributed by atoms with Gasteiger partial charge in [0.1, 0.15) is 23.3 Å². The second-order valence-corrected chi connectivity index (χ2v) is 14.5. The third-order valence-electron chi connectivity index (χ3n) is 11.6. The lowest BCUT2D eigenvalue weighted by Gasteiger charge is -2.18. The lowest BCUT2D eigenvalue weighted by Crippen LogP contribution is -1.92. The first-order valence-electron chi connectivity index (χ1n) is 17.9. The van der Waals surface area contributed by atoms with E-state index in [0.29, 0.717) is 22.3 Å². The molecule has 0 amide bonds. The van der Waals surface area contributed by atoms with Gasteiger partial charge in [-0.05, 0) is 168 Å². The Labute approximate surface area is 304 Å². The second-order valence-electron chi connectivity index (χ2n) is 14.5. The molecule has 54 heavy (non-hydrogen) atoms. The molecule has 0 N–H and O–H groups in total. The van der Waals surface area contributed by atoms with E-state index in [4.69, 9.17) is 0 Å². The first kappa shape index (κ1) is 29.8. The van der Waals surface area contributed by atoms with Crippen molar-refractivity contribution < 1.29 is 17.6 Å². The number of hydrogen-bond donors (Lipinski definition) is 0. The topological polar surface area (TPSA) is 0 Å². The van der Waals surface area contributed by atoms with Crippen LogP contribution in [-0.2, 0) is 0 Å². The van der Waals surface area contributed by atoms with E-state index in [2.05, 4.69) is 72.8 Å². The van der Waals surface area contributed by atoms with Crippen LogP contribution in [0.4, 0.5) is 17.6 Å². The molecule has 0 aromatic heterocycles. The van der Waals surface area contributed by atoms with E-state index in [1.54, 1.807) is 0 Å². The zero-order valence-electron chi connectivity index (χ0n) is 28.4. The van der Waals surface area contributed by atoms with Crippen molar-refractivity contribution in [1.82, 2.24) is 0 Å². The Morgan fingerprint density at radius 1 is 0.241 bits per heavy atom. The van der Waals surface area contributed by atoms with Crippen LogP contribution in [0.2, 0.25) is 0 Å². The summed E-state index contributed by atoms with van der Waals surface area (Å²) in [6, 6.07) is 44.9. The van der Waals surface area contributed by atoms with Gasteiger partial charge in [-0.3, -0.25) is 0 Å². The van der Waals surface area contributed by atoms with Crippen LogP contribution in [-0.4, -0.2) is 0 Å². The molecule has 12 aromatic carbocycles. The Balaban J connectivity index is 1.42. The third kappa shape index (κ3) is 3.87. The minimum Gasteiger partial charge on any atom is -0.207 e. The predicted molar refractivity (Wildman–Crippen MR) is 217 cm³/mol. The molecule has 0 bridgehead atoms. The summed E-state index contributed by atoms with van der Waals surface area (Å²) < 4.78 is 61.4. The molecule has 4 heteroatoms. The van der Waals surface area contributed by atoms with Crippen LogP contribution in [0.3, 0.4) is 0 Å². The Morgan fingerprint density at radius 3 is 1.17 bits per heavy atom. The summed E-state index contributed by atoms with van der Waals surface area (Å²) in [5, 5.41) is 17.6. The Kier molecular flexibility index (Phi) is 5.74. The van der Waals surface area contributed by atoms with Gasteiger partial charge in [-0.15, -0.1) is 0 Å². The summed E-state index contributed by atoms with van der Waals surface area (Å²) in [4.78, 5) is 0. The summed E-state index contributed by atoms with van der Waals surface area (Å²) in [6.07, 6.45) is 0. The van der Waals surface area contributed by atoms with Crippen molar-refractivity contribution in [3.63, 3.8) is 0 Å². The fourth-order valence-electron chi connectivity index (χ4n) is 9.68. The fraction of sp³-hybridized carbons (Fsp3) is 0. The van der Waals surface area contributed by atoms with Crippen LogP contribution in [0, 0.1) is 23.3 Å². The highest BCUT2D eigenvalue weighted by Crippen LogP contribution is 2.54. The number of hydrogen-bond acceptors (Lipinski definition) is 0. The molecule has 0 aliphatic carbocycles. The quantitative estimate of drug-likeness (QED) is 0.124. The normalized spacial score (nSPS) is 12.4. The number of benzene rings is 10. The van der Waals surface area contributed by atoms with Gasteiger partial charge in [0.15, 0.2) is 0 Å². The van der Waals surface area contributed by atoms with Gasteiger partial charge in [0.05, 0.1) is 0 Å². The van der Waals surface area contributed by atoms with Crippen LogP contribution < -0.4 is 0 Å². The number of halogens is 4. The van der Waals surface area contributed by atoms with E-state index in [1.807, 2.05) is 36.4 Å². The van der Waals surface area contributed by atoms with Gasteiger partial charge in [0.25, 0.3) is 0 Å². The summed E-state index contributed by atoms with van der Waals surface area (Å²) in [5.74, 6) is -2.75. The molecule has 12 aromatic rings. The van der Waals surface area contributed by atoms with Crippen LogP contribution in [0.5, 0.6) is 0 Å². The highest BCUT2D eigenvalue weighted by molar-refractivity contribution is 6.44. The van der Waals surface area contributed by atoms with E-state index < -0.39 is 23.3 Å². The molecule has 0 radical (unpaired) electrons. The molecular formula is C50H24F4. The average molecular weight is 701 g/mol. The minimum atomic E-state index is -0.688. The van der Waals surface area contributed by atoms with Gasteiger partial charge >= 0.3 is 0 Å². The molecule has 252 valence electrons. The monoisotopic (exact) mass is 700 g/mol. The largest absolute Gasteiger partial charge is 0.207 e. The molecule has 0 fully saturated rings. The first-order chi connectivity index (χ1) is 26.4. The maximum absolute atomic E-state index is 15.4. The predicted octanol–water partition coefficient (Wildman–Crippen LogP) is 14.8. The fourth-order valence-corrected chi connectivity index (χ4v) is 9.68. The summed E-state index contributed by atoms with van der Waals surface area (Å²) in [5.41, 5.74) is 2.11. The lowest BCUT2D eigenvalue weighted by molar-refractivity contribution is 0.583. The minimum absolute atomic E-state index is 0.388. The van der Waals surface area contributed by atoms with Gasteiger partial charge < -0.3 is 0 Å². The molecule has 0 saturated heterocycles. The molecule has 0 saturated carbocycles. The van der Waals surface area contributed by atoms with Crippen molar-refractivity contribution in [2.24, 2.45) is 0 Å². The van der Waals surface area contributed by atoms with Crippen LogP contribution >= 0.6 is 0 Å². The van der Waals surface area contributed by atoms with Crippen molar-refractivity contribution in [2.75, 3.05) is 0 Å². The Bertz CT molecular complexity index is 3560. The summed E-state index contributed by atoms with van der Waals surface area (Å²) in [7, 11) is 0. The van der Waals surface area contributed by atoms with Gasteiger partial charge in [-0.1, -0.05) is 84.9 Å². The molecule has 0 heterocycles. The van der Waals surface area contributed by atoms with Crippen LogP contribution in [0.1, 0.15) is 0 Å². The first-order valence-corrected chi connectivity index (χ1v) is 17.9. The van der Waals surface area contributed by atoms with E-state index >= 15 is 17.6 Å². The van der Waals surface area contributed by atoms with Crippen molar-refractivity contribution >= 4 is 97.0 Å². The maximum Gasteiger partial charge on any atom is 0.126 e. The highest BCUT2D eigenvalue weighted by atomic mass is 19.1. The zero-order valence-corrected chi connectivity index (χ0v) is 28.4. The van der Waals surface area contributed by atoms with Gasteiger partial charge in [-0.25, -0.2) is 17.6 Å². The SMILES string of the molecule is Fc1cc(F)cc(-c2c3cc4c(cc3c(-c3cc(F)cc(F)c3)c3c5cc6ccccc6c6cccc(c23)c65)c2cc3ccccc3c3cccc4c32)c1. The van der Waals surface area contributed by atoms with Crippen molar-refractivity contribution in [1.29, 1.82) is 0 Å². The van der Waals surface area contributed by atoms with Gasteiger partial charge in [0, 0.05) is 12.1 Å². The molecule has 0 atom stereocenters. The average Bonchev–Trinajstić information content (AvgIpc) is 3.65. The maximum atomic E-state index is 15.4. The zero-order chi connectivity index (χ0) is 36.0. The third-order valence-corrected chi connectivity index (χ3v) is 11.6. The summed E-state index contributed by atoms with van der Waals surface area (Å²) >= 11 is 0. The molecular weight excluding hydrogens is 677 g/mol. The van der Waals surface area contributed by atoms with Crippen LogP contribution in [0.15, 0.2) is 146 Å². The van der Waals surface area contributed by atoms with E-state index in [1.165, 1.54) is 24.3 Å². The van der Waals surface area contributed by atoms with Crippen molar-refractivity contribution in [3.8, 4) is 22.3 Å². The molecule has 12 rings (SSSR count). The number of rotatable bonds is 2. The molecule has 0 nitrogen and oxygen atoms in total. The highest BCUT2D eigenvalue weighted by Gasteiger charge is 2.27. The van der Waals surface area contributed by atoms with Crippen molar-refractivity contribution in [3.05, 3.63) is 169 Å². The number of fused-ring (bicyclic) bond motifs is 11. The molecule has 0 spiro atoms. The van der Waals surface area contributed by atoms with Crippen molar-refractivity contribution in [2.45, 2.75) is 0 Å². The Morgan fingerprint density at radius 2 is 0.630 bits per heavy atom. The van der Waals surface area contributed by atoms with Gasteiger partial charge in [0.2, 0.25) is 0 Å². The standard InChI is InChI=1S/C50H24F4/c51-29-15-27(16-30(52)21-29)45-42-23-39-37-13-5-11-35-33-9-3-1-7-25(33)19-41(47(35)37)40(39)24-43(42)46(28-17-31(53)22-32(54)18-28)50-44-20-26-8-2-4-10-34(26)36-12-6-14-38(48(36)44)49(45)50/h1-24H. The smallest absolute Gasteiger partial charge is 0.126 e. The summed E-state index contributed by atoms with van der Waals surface area (Å²) in [6.45, 7) is 0. The van der Waals surface area contributed by atoms with Crippen LogP contribution in [0.25, 0.3) is 119 Å². The van der Waals surface area contributed by atoms with Gasteiger partial charge in [-0.2, -0.15) is 0 Å². The Hall–Kier alpha value is -6.78. The van der Waals surface area contributed by atoms with E-state index in [0.717, 1.165) is 109 Å². The second kappa shape index (κ2) is 10.4. The van der Waals surface area contributed by atoms with E-state index in [9.17, 15) is 0 Å². The molecule has 0 unspecified atom stereocenters. The molecule has 0 aliphatic rings. The van der Waals surface area contributed by atoms with E-state index in [-0.39, 0.29) is 0 Å². The molecule has 0 aliphatic heterocycles.